The van der Waals surface area contributed by atoms with Crippen LogP contribution >= 0.6 is 7.82 Å². The molecule has 0 aromatic carbocycles. The fourth-order valence-corrected chi connectivity index (χ4v) is 8.41. The van der Waals surface area contributed by atoms with Crippen LogP contribution in [0.5, 0.6) is 0 Å². The predicted octanol–water partition coefficient (Wildman–Crippen LogP) is 15.4. The normalized spacial score (nSPS) is 13.0. The van der Waals surface area contributed by atoms with Gasteiger partial charge in [0, 0.05) is 6.42 Å². The summed E-state index contributed by atoms with van der Waals surface area (Å²) >= 11 is 0. The van der Waals surface area contributed by atoms with Crippen molar-refractivity contribution in [1.82, 2.24) is 5.32 Å². The first-order valence-corrected chi connectivity index (χ1v) is 26.5. The number of hydrogen-bond acceptors (Lipinski definition) is 4. The monoisotopic (exact) mass is 816 g/mol. The third-order valence-corrected chi connectivity index (χ3v) is 12.3. The highest BCUT2D eigenvalue weighted by Crippen LogP contribution is 2.36. The Balaban J connectivity index is 3.73. The Bertz CT molecular complexity index is 838. The number of phosphoric ester groups is 1. The van der Waals surface area contributed by atoms with E-state index in [0.29, 0.717) is 12.8 Å². The zero-order valence-electron chi connectivity index (χ0n) is 37.6. The number of rotatable bonds is 47. The number of nitrogens with one attached hydrogen (secondary N) is 1. The Morgan fingerprint density at radius 3 is 0.964 bits per heavy atom. The zero-order chi connectivity index (χ0) is 41.1. The molecular weight excluding hydrogens is 718 g/mol. The number of aliphatic hydroxyl groups excluding tert-OH is 1. The summed E-state index contributed by atoms with van der Waals surface area (Å²) in [4.78, 5) is 31.1. The first-order chi connectivity index (χ1) is 27.3. The Hall–Kier alpha value is -0.460. The summed E-state index contributed by atoms with van der Waals surface area (Å²) in [7, 11) is -4.69. The maximum absolute atomic E-state index is 12.7. The molecule has 0 heterocycles. The van der Waals surface area contributed by atoms with E-state index in [1.54, 1.807) is 0 Å². The van der Waals surface area contributed by atoms with Gasteiger partial charge >= 0.3 is 7.82 Å². The summed E-state index contributed by atoms with van der Waals surface area (Å²) < 4.78 is 16.0. The summed E-state index contributed by atoms with van der Waals surface area (Å²) in [6, 6.07) is -0.819. The van der Waals surface area contributed by atoms with E-state index in [1.165, 1.54) is 218 Å². The van der Waals surface area contributed by atoms with Crippen LogP contribution in [0.25, 0.3) is 0 Å². The van der Waals surface area contributed by atoms with Gasteiger partial charge in [0.2, 0.25) is 5.91 Å². The summed E-state index contributed by atoms with van der Waals surface area (Å²) in [5.41, 5.74) is 0. The first-order valence-electron chi connectivity index (χ1n) is 25.0. The predicted molar refractivity (Wildman–Crippen MR) is 241 cm³/mol. The van der Waals surface area contributed by atoms with Gasteiger partial charge in [0.25, 0.3) is 0 Å². The van der Waals surface area contributed by atoms with Gasteiger partial charge in [0.1, 0.15) is 0 Å². The number of amides is 1. The third-order valence-electron chi connectivity index (χ3n) is 11.8. The molecule has 1 amide bonds. The van der Waals surface area contributed by atoms with Gasteiger partial charge in [0.15, 0.2) is 0 Å². The van der Waals surface area contributed by atoms with E-state index >= 15 is 0 Å². The van der Waals surface area contributed by atoms with Crippen LogP contribution in [0.2, 0.25) is 0 Å². The standard InChI is InChI=1S/C48H98NO6P/c1-3-5-7-9-11-13-15-17-19-20-21-22-23-24-25-26-27-28-30-32-34-36-38-40-42-44-48(51)49-46(45-55-56(52,53)54)47(50)43-41-39-37-35-33-31-29-18-16-14-12-10-8-6-4-2/h46-47,50H,3-45H2,1-2H3,(H,49,51)(H2,52,53,54)/t46-,47+/m0/s1. The number of aliphatic hydroxyl groups is 1. The van der Waals surface area contributed by atoms with Crippen molar-refractivity contribution in [2.24, 2.45) is 0 Å². The van der Waals surface area contributed by atoms with Crippen molar-refractivity contribution in [2.75, 3.05) is 6.61 Å². The molecule has 0 aliphatic rings. The lowest BCUT2D eigenvalue weighted by Gasteiger charge is -2.24. The van der Waals surface area contributed by atoms with Gasteiger partial charge in [-0.2, -0.15) is 0 Å². The minimum absolute atomic E-state index is 0.186. The molecular formula is C48H98NO6P. The highest BCUT2D eigenvalue weighted by molar-refractivity contribution is 7.46. The van der Waals surface area contributed by atoms with Gasteiger partial charge in [-0.1, -0.05) is 264 Å². The second-order valence-corrected chi connectivity index (χ2v) is 18.7. The largest absolute Gasteiger partial charge is 0.469 e. The fraction of sp³-hybridized carbons (Fsp3) is 0.979. The average molecular weight is 816 g/mol. The summed E-state index contributed by atoms with van der Waals surface area (Å²) in [5.74, 6) is -0.186. The second kappa shape index (κ2) is 44.1. The minimum atomic E-state index is -4.69. The number of carbonyl (C=O) groups is 1. The van der Waals surface area contributed by atoms with Crippen molar-refractivity contribution >= 4 is 13.7 Å². The van der Waals surface area contributed by atoms with E-state index in [2.05, 4.69) is 19.2 Å². The maximum Gasteiger partial charge on any atom is 0.469 e. The van der Waals surface area contributed by atoms with Gasteiger partial charge in [-0.15, -0.1) is 0 Å². The molecule has 4 N–H and O–H groups in total. The number of unbranched alkanes of at least 4 members (excludes halogenated alkanes) is 38. The molecule has 7 nitrogen and oxygen atoms in total. The zero-order valence-corrected chi connectivity index (χ0v) is 38.5. The van der Waals surface area contributed by atoms with Gasteiger partial charge in [-0.3, -0.25) is 9.32 Å². The maximum atomic E-state index is 12.7. The summed E-state index contributed by atoms with van der Waals surface area (Å²) in [5, 5.41) is 13.6. The van der Waals surface area contributed by atoms with E-state index in [9.17, 15) is 24.3 Å². The van der Waals surface area contributed by atoms with Crippen LogP contribution in [0.3, 0.4) is 0 Å². The Kier molecular flexibility index (Phi) is 43.7. The number of carbonyl (C=O) groups excluding carboxylic acids is 1. The van der Waals surface area contributed by atoms with Gasteiger partial charge in [0.05, 0.1) is 18.8 Å². The lowest BCUT2D eigenvalue weighted by Crippen LogP contribution is -2.46. The van der Waals surface area contributed by atoms with Crippen LogP contribution in [0.1, 0.15) is 284 Å². The average Bonchev–Trinajstić information content (AvgIpc) is 3.17. The van der Waals surface area contributed by atoms with E-state index in [-0.39, 0.29) is 5.91 Å². The lowest BCUT2D eigenvalue weighted by molar-refractivity contribution is -0.123. The molecule has 0 aliphatic carbocycles. The van der Waals surface area contributed by atoms with E-state index in [4.69, 9.17) is 4.52 Å². The molecule has 2 atom stereocenters. The van der Waals surface area contributed by atoms with Crippen LogP contribution in [0.15, 0.2) is 0 Å². The minimum Gasteiger partial charge on any atom is -0.391 e. The van der Waals surface area contributed by atoms with Crippen molar-refractivity contribution in [3.8, 4) is 0 Å². The Morgan fingerprint density at radius 1 is 0.446 bits per heavy atom. The molecule has 0 rings (SSSR count). The molecule has 0 aromatic rings. The van der Waals surface area contributed by atoms with Gasteiger partial charge < -0.3 is 20.2 Å². The highest BCUT2D eigenvalue weighted by Gasteiger charge is 2.25. The molecule has 0 saturated heterocycles. The molecule has 0 unspecified atom stereocenters. The van der Waals surface area contributed by atoms with Crippen molar-refractivity contribution in [3.05, 3.63) is 0 Å². The van der Waals surface area contributed by atoms with Gasteiger partial charge in [-0.05, 0) is 12.8 Å². The van der Waals surface area contributed by atoms with E-state index in [0.717, 1.165) is 38.5 Å². The second-order valence-electron chi connectivity index (χ2n) is 17.5. The molecule has 0 aromatic heterocycles. The first kappa shape index (κ1) is 55.5. The molecule has 0 bridgehead atoms. The summed E-state index contributed by atoms with van der Waals surface area (Å²) in [6.07, 6.45) is 52.5. The van der Waals surface area contributed by atoms with Crippen molar-refractivity contribution in [3.63, 3.8) is 0 Å². The molecule has 0 fully saturated rings. The fourth-order valence-electron chi connectivity index (χ4n) is 8.06. The molecule has 8 heteroatoms. The van der Waals surface area contributed by atoms with Crippen molar-refractivity contribution in [2.45, 2.75) is 296 Å². The van der Waals surface area contributed by atoms with Crippen LogP contribution in [-0.4, -0.2) is 39.6 Å². The van der Waals surface area contributed by atoms with Gasteiger partial charge in [-0.25, -0.2) is 4.57 Å². The van der Waals surface area contributed by atoms with Crippen molar-refractivity contribution < 1.29 is 28.8 Å². The summed E-state index contributed by atoms with van der Waals surface area (Å²) in [6.45, 7) is 4.16. The quantitative estimate of drug-likeness (QED) is 0.0359. The van der Waals surface area contributed by atoms with Crippen molar-refractivity contribution in [1.29, 1.82) is 0 Å². The molecule has 0 aliphatic heterocycles. The smallest absolute Gasteiger partial charge is 0.391 e. The molecule has 56 heavy (non-hydrogen) atoms. The van der Waals surface area contributed by atoms with E-state index < -0.39 is 26.6 Å². The Morgan fingerprint density at radius 2 is 0.696 bits per heavy atom. The van der Waals surface area contributed by atoms with Crippen LogP contribution in [-0.2, 0) is 13.9 Å². The van der Waals surface area contributed by atoms with Crippen LogP contribution in [0, 0.1) is 0 Å². The number of hydrogen-bond donors (Lipinski definition) is 4. The number of phosphoric acid groups is 1. The van der Waals surface area contributed by atoms with E-state index in [1.807, 2.05) is 0 Å². The molecule has 0 spiro atoms. The SMILES string of the molecule is CCCCCCCCCCCCCCCCCCCCCCCCCCCC(=O)N[C@@H](COP(=O)(O)O)[C@H](O)CCCCCCCCCCCCCCCCC. The molecule has 336 valence electrons. The Labute approximate surface area is 349 Å². The lowest BCUT2D eigenvalue weighted by atomic mass is 10.0. The topological polar surface area (TPSA) is 116 Å². The van der Waals surface area contributed by atoms with Crippen LogP contribution in [0.4, 0.5) is 0 Å². The molecule has 0 saturated carbocycles. The highest BCUT2D eigenvalue weighted by atomic mass is 31.2. The van der Waals surface area contributed by atoms with Crippen LogP contribution < -0.4 is 5.32 Å². The third kappa shape index (κ3) is 44.6. The molecule has 0 radical (unpaired) electrons.